The average molecular weight is 647 g/mol. The van der Waals surface area contributed by atoms with Crippen LogP contribution in [0.4, 0.5) is 4.79 Å². The van der Waals surface area contributed by atoms with Crippen molar-refractivity contribution in [3.63, 3.8) is 0 Å². The number of fused-ring (bicyclic) bond motifs is 2. The van der Waals surface area contributed by atoms with Gasteiger partial charge in [-0.1, -0.05) is 38.2 Å². The van der Waals surface area contributed by atoms with Gasteiger partial charge in [-0.2, -0.15) is 0 Å². The van der Waals surface area contributed by atoms with Crippen LogP contribution in [0.1, 0.15) is 40.0 Å². The number of primary amides is 1. The minimum absolute atomic E-state index is 0.135. The van der Waals surface area contributed by atoms with Crippen LogP contribution in [0.5, 0.6) is 0 Å². The number of aliphatic hydroxyl groups is 2. The van der Waals surface area contributed by atoms with Gasteiger partial charge in [0.2, 0.25) is 11.6 Å². The molecule has 6 atom stereocenters. The number of amides is 2. The van der Waals surface area contributed by atoms with E-state index >= 15 is 0 Å². The zero-order valence-corrected chi connectivity index (χ0v) is 27.9. The van der Waals surface area contributed by atoms with E-state index in [9.17, 15) is 29.4 Å². The highest BCUT2D eigenvalue weighted by Crippen LogP contribution is 2.29. The van der Waals surface area contributed by atoms with Gasteiger partial charge in [0.05, 0.1) is 30.2 Å². The number of hydrogen-bond donors (Lipinski definition) is 5. The quantitative estimate of drug-likeness (QED) is 0.138. The molecule has 0 spiro atoms. The Bertz CT molecular complexity index is 1270. The predicted molar refractivity (Wildman–Crippen MR) is 172 cm³/mol. The second-order valence-corrected chi connectivity index (χ2v) is 12.0. The lowest BCUT2D eigenvalue weighted by molar-refractivity contribution is -0.120. The number of allylic oxidation sites excluding steroid dienone is 4. The lowest BCUT2D eigenvalue weighted by Crippen LogP contribution is -2.38. The zero-order chi connectivity index (χ0) is 34.6. The number of carbonyl (C=O) groups excluding carboxylic acids is 4. The van der Waals surface area contributed by atoms with Crippen molar-refractivity contribution in [2.45, 2.75) is 64.4 Å². The molecule has 2 amide bonds. The van der Waals surface area contributed by atoms with Crippen molar-refractivity contribution in [3.8, 4) is 0 Å². The number of rotatable bonds is 9. The summed E-state index contributed by atoms with van der Waals surface area (Å²) in [5.41, 5.74) is 6.08. The second kappa shape index (κ2) is 18.5. The number of ether oxygens (including phenoxy) is 3. The molecule has 0 aromatic heterocycles. The minimum atomic E-state index is -1.15. The number of aliphatic hydroxyl groups excluding tert-OH is 2. The highest BCUT2D eigenvalue weighted by molar-refractivity contribution is 6.23. The van der Waals surface area contributed by atoms with E-state index in [0.717, 1.165) is 19.0 Å². The van der Waals surface area contributed by atoms with E-state index in [-0.39, 0.29) is 40.5 Å². The van der Waals surface area contributed by atoms with Gasteiger partial charge in [0.15, 0.2) is 6.10 Å². The first-order chi connectivity index (χ1) is 21.7. The first-order valence-electron chi connectivity index (χ1n) is 15.3. The van der Waals surface area contributed by atoms with Gasteiger partial charge in [0.1, 0.15) is 6.10 Å². The number of hydrogen-bond acceptors (Lipinski definition) is 11. The molecule has 1 aliphatic carbocycles. The molecule has 1 heterocycles. The van der Waals surface area contributed by atoms with E-state index in [1.165, 1.54) is 39.4 Å². The van der Waals surface area contributed by atoms with E-state index in [1.54, 1.807) is 13.0 Å². The minimum Gasteiger partial charge on any atom is -0.439 e. The molecule has 46 heavy (non-hydrogen) atoms. The Morgan fingerprint density at radius 3 is 2.46 bits per heavy atom. The lowest BCUT2D eigenvalue weighted by atomic mass is 9.85. The van der Waals surface area contributed by atoms with E-state index in [4.69, 9.17) is 19.9 Å². The van der Waals surface area contributed by atoms with Crippen molar-refractivity contribution in [1.29, 1.82) is 0 Å². The van der Waals surface area contributed by atoms with E-state index in [1.807, 2.05) is 25.9 Å². The Labute approximate surface area is 271 Å². The summed E-state index contributed by atoms with van der Waals surface area (Å²) in [6.07, 6.45) is 3.44. The van der Waals surface area contributed by atoms with Gasteiger partial charge in [-0.25, -0.2) is 4.79 Å². The molecule has 0 unspecified atom stereocenters. The normalized spacial score (nSPS) is 30.1. The summed E-state index contributed by atoms with van der Waals surface area (Å²) < 4.78 is 16.5. The molecule has 2 aliphatic rings. The second-order valence-electron chi connectivity index (χ2n) is 12.0. The van der Waals surface area contributed by atoms with Crippen LogP contribution in [0.3, 0.4) is 0 Å². The Morgan fingerprint density at radius 2 is 1.87 bits per heavy atom. The molecule has 6 N–H and O–H groups in total. The lowest BCUT2D eigenvalue weighted by Gasteiger charge is -2.30. The van der Waals surface area contributed by atoms with Crippen LogP contribution >= 0.6 is 0 Å². The van der Waals surface area contributed by atoms with Crippen molar-refractivity contribution in [1.82, 2.24) is 15.5 Å². The van der Waals surface area contributed by atoms with Crippen LogP contribution in [0.2, 0.25) is 0 Å². The fraction of sp³-hybridized carbons (Fsp3) is 0.576. The fourth-order valence-electron chi connectivity index (χ4n) is 5.39. The van der Waals surface area contributed by atoms with E-state index < -0.39 is 60.5 Å². The number of methoxy groups -OCH3 is 2. The van der Waals surface area contributed by atoms with E-state index in [0.29, 0.717) is 13.0 Å². The topological polar surface area (TPSA) is 190 Å². The van der Waals surface area contributed by atoms with Gasteiger partial charge < -0.3 is 45.7 Å². The summed E-state index contributed by atoms with van der Waals surface area (Å²) in [6, 6.07) is 0. The summed E-state index contributed by atoms with van der Waals surface area (Å²) in [4.78, 5) is 54.0. The standard InChI is InChI=1S/C33H50N4O9/c1-19-14-23-28(35-12-9-13-37(4)5)25(39)17-24(30(23)41)36-32(42)20(2)10-8-11-26(44-6)31(46-33(34)43)22(18-38)16-21(3)29(40)27(15-19)45-7/h8,10-11,16-17,19,21,26-27,29,31,35,38,40H,9,12-15,18H2,1-7H3,(H2,34,43)(H,36,42)/b11-8-,20-10+,22-16+/t19-,21+,26+,27+,29-,31+/m1/s1. The van der Waals surface area contributed by atoms with Gasteiger partial charge in [-0.3, -0.25) is 14.4 Å². The molecule has 0 aromatic carbocycles. The SMILES string of the molecule is CO[C@H]1/C=C\C=C(/C)C(=O)NC2=CC(=O)C(NCCCN(C)C)=C(C[C@@H](C)C[C@H](OC)[C@H](O)[C@@H](C)/C=C(\CO)[C@@H]1OC(N)=O)C2=O. The molecule has 0 radical (unpaired) electrons. The number of nitrogens with zero attached hydrogens (tertiary/aromatic N) is 1. The molecular formula is C33H50N4O9. The molecule has 2 bridgehead atoms. The predicted octanol–water partition coefficient (Wildman–Crippen LogP) is 1.28. The van der Waals surface area contributed by atoms with Crippen molar-refractivity contribution >= 4 is 23.6 Å². The molecule has 2 rings (SSSR count). The van der Waals surface area contributed by atoms with Crippen LogP contribution in [-0.4, -0.2) is 111 Å². The number of nitrogens with one attached hydrogen (secondary N) is 2. The third kappa shape index (κ3) is 11.0. The number of nitrogens with two attached hydrogens (primary N) is 1. The summed E-state index contributed by atoms with van der Waals surface area (Å²) in [6.45, 7) is 5.85. The van der Waals surface area contributed by atoms with Gasteiger partial charge in [0, 0.05) is 43.9 Å². The number of ketones is 2. The summed E-state index contributed by atoms with van der Waals surface area (Å²) >= 11 is 0. The smallest absolute Gasteiger partial charge is 0.405 e. The molecule has 0 fully saturated rings. The average Bonchev–Trinajstić information content (AvgIpc) is 3.00. The largest absolute Gasteiger partial charge is 0.439 e. The molecule has 0 saturated heterocycles. The molecule has 0 saturated carbocycles. The summed E-state index contributed by atoms with van der Waals surface area (Å²) in [5, 5.41) is 27.3. The molecule has 0 aromatic rings. The Balaban J connectivity index is 2.61. The van der Waals surface area contributed by atoms with Crippen LogP contribution in [0.25, 0.3) is 0 Å². The maximum atomic E-state index is 13.7. The Morgan fingerprint density at radius 1 is 1.17 bits per heavy atom. The maximum Gasteiger partial charge on any atom is 0.405 e. The van der Waals surface area contributed by atoms with Gasteiger partial charge >= 0.3 is 6.09 Å². The Kier molecular flexibility index (Phi) is 15.5. The van der Waals surface area contributed by atoms with Crippen LogP contribution < -0.4 is 16.4 Å². The summed E-state index contributed by atoms with van der Waals surface area (Å²) in [7, 11) is 6.72. The first kappa shape index (κ1) is 38.6. The molecule has 1 aliphatic heterocycles. The van der Waals surface area contributed by atoms with Gasteiger partial charge in [0.25, 0.3) is 5.91 Å². The van der Waals surface area contributed by atoms with Crippen molar-refractivity contribution < 1.29 is 43.6 Å². The van der Waals surface area contributed by atoms with Crippen molar-refractivity contribution in [2.75, 3.05) is 48.0 Å². The third-order valence-corrected chi connectivity index (χ3v) is 7.93. The maximum absolute atomic E-state index is 13.7. The van der Waals surface area contributed by atoms with Crippen molar-refractivity contribution in [2.24, 2.45) is 17.6 Å². The Hall–Kier alpha value is -3.62. The van der Waals surface area contributed by atoms with Gasteiger partial charge in [-0.15, -0.1) is 0 Å². The molecule has 13 nitrogen and oxygen atoms in total. The zero-order valence-electron chi connectivity index (χ0n) is 27.9. The third-order valence-electron chi connectivity index (χ3n) is 7.93. The molecular weight excluding hydrogens is 596 g/mol. The van der Waals surface area contributed by atoms with E-state index in [2.05, 4.69) is 10.6 Å². The molecule has 256 valence electrons. The molecule has 13 heteroatoms. The van der Waals surface area contributed by atoms with Crippen LogP contribution in [0, 0.1) is 11.8 Å². The monoisotopic (exact) mass is 646 g/mol. The summed E-state index contributed by atoms with van der Waals surface area (Å²) in [5.74, 6) is -2.33. The number of Topliss-reactive ketones (excluding diaryl/α,β-unsaturated/α-hetero) is 1. The van der Waals surface area contributed by atoms with Crippen LogP contribution in [-0.2, 0) is 28.6 Å². The number of carbonyl (C=O) groups is 4. The highest BCUT2D eigenvalue weighted by atomic mass is 16.6. The van der Waals surface area contributed by atoms with Crippen molar-refractivity contribution in [3.05, 3.63) is 58.5 Å². The van der Waals surface area contributed by atoms with Crippen LogP contribution in [0.15, 0.2) is 58.5 Å². The highest BCUT2D eigenvalue weighted by Gasteiger charge is 2.34. The first-order valence-corrected chi connectivity index (χ1v) is 15.3. The fourth-order valence-corrected chi connectivity index (χ4v) is 5.39. The van der Waals surface area contributed by atoms with Gasteiger partial charge in [-0.05, 0) is 58.3 Å².